The Morgan fingerprint density at radius 3 is 2.46 bits per heavy atom. The van der Waals surface area contributed by atoms with Crippen LogP contribution in [0.2, 0.25) is 0 Å². The maximum atomic E-state index is 12.5. The van der Waals surface area contributed by atoms with Crippen molar-refractivity contribution in [3.63, 3.8) is 0 Å². The van der Waals surface area contributed by atoms with Gasteiger partial charge in [0.2, 0.25) is 0 Å². The zero-order valence-corrected chi connectivity index (χ0v) is 15.5. The summed E-state index contributed by atoms with van der Waals surface area (Å²) in [6, 6.07) is 8.14. The smallest absolute Gasteiger partial charge is 0.271 e. The number of benzene rings is 1. The van der Waals surface area contributed by atoms with Gasteiger partial charge in [-0.2, -0.15) is 0 Å². The zero-order chi connectivity index (χ0) is 17.4. The SMILES string of the molecule is CC1=Nc2c(c(=O)[nH]n2C(C)C)[C@@H](c2ccc(OC(C)C)cc2)S1. The second-order valence-electron chi connectivity index (χ2n) is 6.51. The van der Waals surface area contributed by atoms with Crippen LogP contribution < -0.4 is 10.3 Å². The molecule has 0 saturated heterocycles. The van der Waals surface area contributed by atoms with E-state index in [0.29, 0.717) is 0 Å². The second kappa shape index (κ2) is 6.51. The summed E-state index contributed by atoms with van der Waals surface area (Å²) in [7, 11) is 0. The third-order valence-electron chi connectivity index (χ3n) is 3.82. The Kier molecular flexibility index (Phi) is 4.58. The third-order valence-corrected chi connectivity index (χ3v) is 5.00. The number of thioether (sulfide) groups is 1. The van der Waals surface area contributed by atoms with E-state index in [1.807, 2.05) is 63.6 Å². The van der Waals surface area contributed by atoms with Crippen LogP contribution in [0.4, 0.5) is 5.82 Å². The van der Waals surface area contributed by atoms with Crippen LogP contribution >= 0.6 is 11.8 Å². The van der Waals surface area contributed by atoms with Crippen molar-refractivity contribution in [3.8, 4) is 5.75 Å². The first-order valence-electron chi connectivity index (χ1n) is 8.19. The Balaban J connectivity index is 2.02. The van der Waals surface area contributed by atoms with E-state index in [4.69, 9.17) is 4.74 Å². The van der Waals surface area contributed by atoms with E-state index in [-0.39, 0.29) is 23.0 Å². The molecule has 3 rings (SSSR count). The molecule has 0 bridgehead atoms. The Labute approximate surface area is 146 Å². The molecule has 0 spiro atoms. The number of nitrogens with one attached hydrogen (secondary N) is 1. The fraction of sp³-hybridized carbons (Fsp3) is 0.444. The molecule has 0 unspecified atom stereocenters. The highest BCUT2D eigenvalue weighted by Crippen LogP contribution is 2.44. The van der Waals surface area contributed by atoms with Crippen molar-refractivity contribution in [1.82, 2.24) is 9.78 Å². The van der Waals surface area contributed by atoms with Gasteiger partial charge in [0.1, 0.15) is 5.75 Å². The molecule has 5 nitrogen and oxygen atoms in total. The number of hydrogen-bond acceptors (Lipinski definition) is 4. The van der Waals surface area contributed by atoms with Gasteiger partial charge in [-0.05, 0) is 52.3 Å². The predicted molar refractivity (Wildman–Crippen MR) is 99.8 cm³/mol. The molecule has 1 aromatic carbocycles. The summed E-state index contributed by atoms with van der Waals surface area (Å²) in [6.45, 7) is 10.1. The van der Waals surface area contributed by atoms with Gasteiger partial charge in [0.25, 0.3) is 5.56 Å². The highest BCUT2D eigenvalue weighted by Gasteiger charge is 2.30. The van der Waals surface area contributed by atoms with Crippen molar-refractivity contribution < 1.29 is 4.74 Å². The van der Waals surface area contributed by atoms with E-state index in [1.54, 1.807) is 11.8 Å². The van der Waals surface area contributed by atoms with Crippen molar-refractivity contribution in [2.24, 2.45) is 4.99 Å². The van der Waals surface area contributed by atoms with Crippen molar-refractivity contribution in [1.29, 1.82) is 0 Å². The minimum absolute atomic E-state index is 0.0469. The Hall–Kier alpha value is -1.95. The second-order valence-corrected chi connectivity index (χ2v) is 7.80. The van der Waals surface area contributed by atoms with Crippen LogP contribution in [0.5, 0.6) is 5.75 Å². The number of aromatic nitrogens is 2. The topological polar surface area (TPSA) is 59.4 Å². The Morgan fingerprint density at radius 1 is 1.21 bits per heavy atom. The number of rotatable bonds is 4. The molecule has 1 aliphatic heterocycles. The van der Waals surface area contributed by atoms with Crippen molar-refractivity contribution in [2.45, 2.75) is 52.0 Å². The van der Waals surface area contributed by atoms with Crippen molar-refractivity contribution in [2.75, 3.05) is 0 Å². The summed E-state index contributed by atoms with van der Waals surface area (Å²) in [5.41, 5.74) is 1.75. The van der Waals surface area contributed by atoms with Gasteiger partial charge < -0.3 is 4.74 Å². The minimum Gasteiger partial charge on any atom is -0.491 e. The van der Waals surface area contributed by atoms with E-state index < -0.39 is 0 Å². The Morgan fingerprint density at radius 2 is 1.88 bits per heavy atom. The third kappa shape index (κ3) is 3.15. The Bertz CT molecular complexity index is 816. The van der Waals surface area contributed by atoms with Crippen LogP contribution in [0.3, 0.4) is 0 Å². The number of aliphatic imine (C=N–C) groups is 1. The molecule has 128 valence electrons. The number of hydrogen-bond donors (Lipinski definition) is 1. The highest BCUT2D eigenvalue weighted by atomic mass is 32.2. The molecule has 0 fully saturated rings. The first kappa shape index (κ1) is 16.9. The van der Waals surface area contributed by atoms with Gasteiger partial charge in [0, 0.05) is 6.04 Å². The standard InChI is InChI=1S/C18H23N3O2S/c1-10(2)21-17-15(18(22)20-21)16(24-12(5)19-17)13-6-8-14(9-7-13)23-11(3)4/h6-11,16H,1-5H3,(H,20,22)/t16-/m1/s1. The predicted octanol–water partition coefficient (Wildman–Crippen LogP) is 4.43. The van der Waals surface area contributed by atoms with Gasteiger partial charge in [-0.25, -0.2) is 4.99 Å². The number of aromatic amines is 1. The molecule has 1 N–H and O–H groups in total. The van der Waals surface area contributed by atoms with E-state index in [2.05, 4.69) is 10.1 Å². The average molecular weight is 345 g/mol. The maximum Gasteiger partial charge on any atom is 0.271 e. The van der Waals surface area contributed by atoms with Crippen molar-refractivity contribution in [3.05, 3.63) is 45.7 Å². The van der Waals surface area contributed by atoms with Crippen LogP contribution in [0.1, 0.15) is 57.0 Å². The van der Waals surface area contributed by atoms with Crippen molar-refractivity contribution >= 4 is 22.6 Å². The molecule has 0 radical (unpaired) electrons. The van der Waals surface area contributed by atoms with Gasteiger partial charge in [0.05, 0.1) is 22.0 Å². The van der Waals surface area contributed by atoms with Gasteiger partial charge in [-0.1, -0.05) is 23.9 Å². The lowest BCUT2D eigenvalue weighted by atomic mass is 10.1. The van der Waals surface area contributed by atoms with E-state index in [0.717, 1.165) is 27.7 Å². The molecule has 1 aliphatic rings. The lowest BCUT2D eigenvalue weighted by Crippen LogP contribution is -2.13. The lowest BCUT2D eigenvalue weighted by molar-refractivity contribution is 0.242. The monoisotopic (exact) mass is 345 g/mol. The summed E-state index contributed by atoms with van der Waals surface area (Å²) < 4.78 is 7.56. The molecular weight excluding hydrogens is 322 g/mol. The summed E-state index contributed by atoms with van der Waals surface area (Å²) in [6.07, 6.45) is 0.142. The van der Waals surface area contributed by atoms with Crippen LogP contribution in [0.25, 0.3) is 0 Å². The summed E-state index contributed by atoms with van der Waals surface area (Å²) >= 11 is 1.62. The van der Waals surface area contributed by atoms with E-state index in [1.165, 1.54) is 0 Å². The highest BCUT2D eigenvalue weighted by molar-refractivity contribution is 8.14. The van der Waals surface area contributed by atoms with Gasteiger partial charge in [0.15, 0.2) is 5.82 Å². The summed E-state index contributed by atoms with van der Waals surface area (Å²) in [5, 5.41) is 3.84. The number of H-pyrrole nitrogens is 1. The average Bonchev–Trinajstić information content (AvgIpc) is 2.84. The van der Waals surface area contributed by atoms with Gasteiger partial charge in [-0.15, -0.1) is 0 Å². The number of ether oxygens (including phenoxy) is 1. The molecule has 6 heteroatoms. The summed E-state index contributed by atoms with van der Waals surface area (Å²) in [4.78, 5) is 17.1. The summed E-state index contributed by atoms with van der Waals surface area (Å²) in [5.74, 6) is 1.59. The minimum atomic E-state index is -0.0602. The molecule has 1 aromatic heterocycles. The number of fused-ring (bicyclic) bond motifs is 1. The molecule has 24 heavy (non-hydrogen) atoms. The zero-order valence-electron chi connectivity index (χ0n) is 14.7. The fourth-order valence-corrected chi connectivity index (χ4v) is 3.91. The molecule has 1 atom stereocenters. The molecule has 2 heterocycles. The van der Waals surface area contributed by atoms with Gasteiger partial charge in [-0.3, -0.25) is 14.6 Å². The largest absolute Gasteiger partial charge is 0.491 e. The van der Waals surface area contributed by atoms with E-state index in [9.17, 15) is 4.79 Å². The molecular formula is C18H23N3O2S. The van der Waals surface area contributed by atoms with Crippen LogP contribution in [-0.2, 0) is 0 Å². The van der Waals surface area contributed by atoms with Crippen LogP contribution in [-0.4, -0.2) is 20.9 Å². The molecule has 0 aliphatic carbocycles. The molecule has 0 amide bonds. The molecule has 2 aromatic rings. The van der Waals surface area contributed by atoms with Crippen LogP contribution in [0.15, 0.2) is 34.1 Å². The molecule has 0 saturated carbocycles. The normalized spacial score (nSPS) is 17.1. The first-order valence-corrected chi connectivity index (χ1v) is 9.07. The number of nitrogens with zero attached hydrogens (tertiary/aromatic N) is 2. The maximum absolute atomic E-state index is 12.5. The quantitative estimate of drug-likeness (QED) is 0.892. The van der Waals surface area contributed by atoms with Gasteiger partial charge >= 0.3 is 0 Å². The lowest BCUT2D eigenvalue weighted by Gasteiger charge is -2.21. The first-order chi connectivity index (χ1) is 11.4. The van der Waals surface area contributed by atoms with E-state index >= 15 is 0 Å². The van der Waals surface area contributed by atoms with Crippen LogP contribution in [0, 0.1) is 0 Å². The fourth-order valence-electron chi connectivity index (χ4n) is 2.81.